The van der Waals surface area contributed by atoms with Gasteiger partial charge in [-0.3, -0.25) is 4.79 Å². The molecule has 6 heteroatoms. The predicted molar refractivity (Wildman–Crippen MR) is 76.4 cm³/mol. The van der Waals surface area contributed by atoms with Gasteiger partial charge in [-0.2, -0.15) is 0 Å². The number of hydrogen-bond acceptors (Lipinski definition) is 2. The number of halogens is 3. The van der Waals surface area contributed by atoms with Crippen LogP contribution in [0.3, 0.4) is 0 Å². The van der Waals surface area contributed by atoms with Crippen LogP contribution < -0.4 is 5.32 Å². The number of carbonyl (C=O) groups is 1. The molecule has 0 atom stereocenters. The average Bonchev–Trinajstić information content (AvgIpc) is 2.35. The Balaban J connectivity index is 2.22. The molecule has 0 spiro atoms. The van der Waals surface area contributed by atoms with E-state index in [1.807, 2.05) is 0 Å². The molecule has 1 amide bonds. The molecule has 2 aromatic rings. The van der Waals surface area contributed by atoms with Crippen LogP contribution in [0.4, 0.5) is 5.69 Å². The lowest BCUT2D eigenvalue weighted by Gasteiger charge is -2.07. The van der Waals surface area contributed by atoms with Crippen molar-refractivity contribution in [2.24, 2.45) is 0 Å². The third-order valence-electron chi connectivity index (χ3n) is 2.19. The molecule has 1 heterocycles. The molecule has 0 bridgehead atoms. The lowest BCUT2D eigenvalue weighted by atomic mass is 10.2. The lowest BCUT2D eigenvalue weighted by Crippen LogP contribution is -2.12. The summed E-state index contributed by atoms with van der Waals surface area (Å²) in [6.07, 6.45) is 1.55. The molecule has 0 fully saturated rings. The molecule has 0 aliphatic rings. The van der Waals surface area contributed by atoms with E-state index in [2.05, 4.69) is 26.2 Å². The molecule has 2 rings (SSSR count). The summed E-state index contributed by atoms with van der Waals surface area (Å²) in [7, 11) is 0. The first-order chi connectivity index (χ1) is 8.58. The lowest BCUT2D eigenvalue weighted by molar-refractivity contribution is 0.102. The van der Waals surface area contributed by atoms with Crippen molar-refractivity contribution in [2.45, 2.75) is 0 Å². The third-order valence-corrected chi connectivity index (χ3v) is 3.72. The van der Waals surface area contributed by atoms with E-state index in [0.717, 1.165) is 4.47 Å². The van der Waals surface area contributed by atoms with Crippen molar-refractivity contribution >= 4 is 50.7 Å². The van der Waals surface area contributed by atoms with Crippen LogP contribution in [0.2, 0.25) is 10.2 Å². The normalized spacial score (nSPS) is 10.2. The van der Waals surface area contributed by atoms with Crippen LogP contribution >= 0.6 is 39.1 Å². The first-order valence-corrected chi connectivity index (χ1v) is 6.50. The monoisotopic (exact) mass is 344 g/mol. The molecule has 1 aromatic heterocycles. The van der Waals surface area contributed by atoms with Gasteiger partial charge in [-0.25, -0.2) is 4.98 Å². The minimum absolute atomic E-state index is 0.244. The molecular weight excluding hydrogens is 339 g/mol. The zero-order valence-corrected chi connectivity index (χ0v) is 12.1. The van der Waals surface area contributed by atoms with E-state index < -0.39 is 0 Å². The van der Waals surface area contributed by atoms with Gasteiger partial charge in [-0.05, 0) is 46.3 Å². The van der Waals surface area contributed by atoms with Crippen molar-refractivity contribution in [3.8, 4) is 0 Å². The van der Waals surface area contributed by atoms with Crippen LogP contribution in [0, 0.1) is 0 Å². The van der Waals surface area contributed by atoms with E-state index >= 15 is 0 Å². The summed E-state index contributed by atoms with van der Waals surface area (Å²) < 4.78 is 0.736. The molecule has 0 saturated carbocycles. The average molecular weight is 346 g/mol. The topological polar surface area (TPSA) is 42.0 Å². The Bertz CT molecular complexity index is 604. The largest absolute Gasteiger partial charge is 0.319 e. The highest BCUT2D eigenvalue weighted by Crippen LogP contribution is 2.24. The van der Waals surface area contributed by atoms with Crippen LogP contribution in [-0.4, -0.2) is 10.9 Å². The fraction of sp³-hybridized carbons (Fsp3) is 0. The minimum Gasteiger partial charge on any atom is -0.319 e. The van der Waals surface area contributed by atoms with E-state index in [1.54, 1.807) is 36.5 Å². The fourth-order valence-electron chi connectivity index (χ4n) is 1.31. The Hall–Kier alpha value is -1.10. The number of carbonyl (C=O) groups excluding carboxylic acids is 1. The van der Waals surface area contributed by atoms with Crippen LogP contribution in [-0.2, 0) is 0 Å². The zero-order valence-electron chi connectivity index (χ0n) is 8.95. The zero-order chi connectivity index (χ0) is 13.1. The highest BCUT2D eigenvalue weighted by molar-refractivity contribution is 9.10. The maximum absolute atomic E-state index is 12.0. The number of hydrogen-bond donors (Lipinski definition) is 1. The smallest absolute Gasteiger partial charge is 0.255 e. The summed E-state index contributed by atoms with van der Waals surface area (Å²) in [5.41, 5.74) is 0.909. The second kappa shape index (κ2) is 5.69. The summed E-state index contributed by atoms with van der Waals surface area (Å²) in [6, 6.07) is 8.31. The number of pyridine rings is 1. The van der Waals surface area contributed by atoms with E-state index in [9.17, 15) is 4.79 Å². The maximum atomic E-state index is 12.0. The number of anilines is 1. The number of aromatic nitrogens is 1. The van der Waals surface area contributed by atoms with Gasteiger partial charge in [0.1, 0.15) is 0 Å². The van der Waals surface area contributed by atoms with Crippen molar-refractivity contribution in [1.82, 2.24) is 4.98 Å². The molecule has 0 aliphatic heterocycles. The summed E-state index contributed by atoms with van der Waals surface area (Å²) in [4.78, 5) is 15.8. The van der Waals surface area contributed by atoms with Crippen LogP contribution in [0.15, 0.2) is 41.0 Å². The van der Waals surface area contributed by atoms with Crippen LogP contribution in [0.5, 0.6) is 0 Å². The molecule has 1 N–H and O–H groups in total. The SMILES string of the molecule is O=C(Nc1cccnc1Cl)c1ccc(Br)c(Cl)c1. The molecular formula is C12H7BrCl2N2O. The third kappa shape index (κ3) is 3.02. The first-order valence-electron chi connectivity index (χ1n) is 4.95. The molecule has 18 heavy (non-hydrogen) atoms. The van der Waals surface area contributed by atoms with Crippen molar-refractivity contribution in [3.63, 3.8) is 0 Å². The molecule has 1 aromatic carbocycles. The second-order valence-corrected chi connectivity index (χ2v) is 5.04. The van der Waals surface area contributed by atoms with Gasteiger partial charge < -0.3 is 5.32 Å². The van der Waals surface area contributed by atoms with Crippen molar-refractivity contribution < 1.29 is 4.79 Å². The highest BCUT2D eigenvalue weighted by atomic mass is 79.9. The maximum Gasteiger partial charge on any atom is 0.255 e. The Morgan fingerprint density at radius 3 is 2.72 bits per heavy atom. The first kappa shape index (κ1) is 13.3. The quantitative estimate of drug-likeness (QED) is 0.819. The number of nitrogens with one attached hydrogen (secondary N) is 1. The Morgan fingerprint density at radius 2 is 2.06 bits per heavy atom. The van der Waals surface area contributed by atoms with E-state index in [4.69, 9.17) is 23.2 Å². The molecule has 0 unspecified atom stereocenters. The Morgan fingerprint density at radius 1 is 1.28 bits per heavy atom. The number of nitrogens with zero attached hydrogens (tertiary/aromatic N) is 1. The number of rotatable bonds is 2. The summed E-state index contributed by atoms with van der Waals surface area (Å²) in [5.74, 6) is -0.292. The molecule has 92 valence electrons. The van der Waals surface area contributed by atoms with Gasteiger partial charge in [0.2, 0.25) is 0 Å². The molecule has 0 aliphatic carbocycles. The number of benzene rings is 1. The van der Waals surface area contributed by atoms with E-state index in [0.29, 0.717) is 16.3 Å². The fourth-order valence-corrected chi connectivity index (χ4v) is 1.90. The van der Waals surface area contributed by atoms with E-state index in [-0.39, 0.29) is 11.1 Å². The Kier molecular flexibility index (Phi) is 4.22. The van der Waals surface area contributed by atoms with Gasteiger partial charge in [0.25, 0.3) is 5.91 Å². The second-order valence-electron chi connectivity index (χ2n) is 3.42. The highest BCUT2D eigenvalue weighted by Gasteiger charge is 2.10. The van der Waals surface area contributed by atoms with Crippen molar-refractivity contribution in [1.29, 1.82) is 0 Å². The summed E-state index contributed by atoms with van der Waals surface area (Å²) in [6.45, 7) is 0. The molecule has 3 nitrogen and oxygen atoms in total. The Labute approximate surface area is 122 Å². The van der Waals surface area contributed by atoms with Crippen molar-refractivity contribution in [3.05, 3.63) is 56.7 Å². The van der Waals surface area contributed by atoms with Crippen LogP contribution in [0.1, 0.15) is 10.4 Å². The summed E-state index contributed by atoms with van der Waals surface area (Å²) >= 11 is 15.0. The van der Waals surface area contributed by atoms with Gasteiger partial charge in [-0.1, -0.05) is 23.2 Å². The predicted octanol–water partition coefficient (Wildman–Crippen LogP) is 4.40. The van der Waals surface area contributed by atoms with Gasteiger partial charge in [0, 0.05) is 16.2 Å². The van der Waals surface area contributed by atoms with Gasteiger partial charge >= 0.3 is 0 Å². The van der Waals surface area contributed by atoms with E-state index in [1.165, 1.54) is 0 Å². The minimum atomic E-state index is -0.292. The number of amides is 1. The summed E-state index contributed by atoms with van der Waals surface area (Å²) in [5, 5.41) is 3.38. The van der Waals surface area contributed by atoms with Crippen molar-refractivity contribution in [2.75, 3.05) is 5.32 Å². The standard InChI is InChI=1S/C12H7BrCl2N2O/c13-8-4-3-7(6-9(8)14)12(18)17-10-2-1-5-16-11(10)15/h1-6H,(H,17,18). The molecule has 0 radical (unpaired) electrons. The molecule has 0 saturated heterocycles. The van der Waals surface area contributed by atoms with Gasteiger partial charge in [-0.15, -0.1) is 0 Å². The van der Waals surface area contributed by atoms with Gasteiger partial charge in [0.05, 0.1) is 10.7 Å². The van der Waals surface area contributed by atoms with Crippen LogP contribution in [0.25, 0.3) is 0 Å². The van der Waals surface area contributed by atoms with Gasteiger partial charge in [0.15, 0.2) is 5.15 Å².